The van der Waals surface area contributed by atoms with Gasteiger partial charge in [-0.2, -0.15) is 0 Å². The zero-order chi connectivity index (χ0) is 14.7. The van der Waals surface area contributed by atoms with Gasteiger partial charge in [0.1, 0.15) is 12.4 Å². The molecule has 0 spiro atoms. The van der Waals surface area contributed by atoms with E-state index in [1.54, 1.807) is 12.0 Å². The van der Waals surface area contributed by atoms with Crippen LogP contribution in [0.25, 0.3) is 0 Å². The highest BCUT2D eigenvalue weighted by Gasteiger charge is 2.34. The lowest BCUT2D eigenvalue weighted by molar-refractivity contribution is 0.178. The highest BCUT2D eigenvalue weighted by molar-refractivity contribution is 5.90. The van der Waals surface area contributed by atoms with E-state index in [9.17, 15) is 4.79 Å². The smallest absolute Gasteiger partial charge is 0.414 e. The van der Waals surface area contributed by atoms with Crippen LogP contribution in [-0.2, 0) is 11.2 Å². The normalized spacial score (nSPS) is 17.7. The number of amides is 1. The molecule has 0 radical (unpaired) electrons. The molecule has 1 aliphatic heterocycles. The topological polar surface area (TPSA) is 38.8 Å². The molecule has 1 amide bonds. The molecule has 1 saturated heterocycles. The van der Waals surface area contributed by atoms with Crippen LogP contribution >= 0.6 is 0 Å². The highest BCUT2D eigenvalue weighted by Crippen LogP contribution is 2.28. The third kappa shape index (κ3) is 2.84. The maximum absolute atomic E-state index is 12.0. The number of hydrogen-bond donors (Lipinski definition) is 0. The second-order valence-corrected chi connectivity index (χ2v) is 4.99. The average molecular weight is 283 g/mol. The van der Waals surface area contributed by atoms with Crippen LogP contribution in [0, 0.1) is 0 Å². The summed E-state index contributed by atoms with van der Waals surface area (Å²) in [5.41, 5.74) is 1.99. The summed E-state index contributed by atoms with van der Waals surface area (Å²) in [6.45, 7) is 0.408. The Bertz CT molecular complexity index is 627. The number of hydrogen-bond acceptors (Lipinski definition) is 3. The van der Waals surface area contributed by atoms with Gasteiger partial charge in [-0.15, -0.1) is 0 Å². The Morgan fingerprint density at radius 2 is 2.00 bits per heavy atom. The molecule has 21 heavy (non-hydrogen) atoms. The fourth-order valence-corrected chi connectivity index (χ4v) is 2.57. The zero-order valence-electron chi connectivity index (χ0n) is 11.9. The van der Waals surface area contributed by atoms with E-state index in [0.717, 1.165) is 17.9 Å². The Labute approximate surface area is 123 Å². The maximum Gasteiger partial charge on any atom is 0.414 e. The van der Waals surface area contributed by atoms with Crippen molar-refractivity contribution in [2.24, 2.45) is 0 Å². The van der Waals surface area contributed by atoms with Crippen molar-refractivity contribution in [3.63, 3.8) is 0 Å². The Balaban J connectivity index is 1.85. The van der Waals surface area contributed by atoms with Gasteiger partial charge in [0.25, 0.3) is 0 Å². The number of rotatable bonds is 4. The van der Waals surface area contributed by atoms with E-state index in [2.05, 4.69) is 12.1 Å². The van der Waals surface area contributed by atoms with Gasteiger partial charge in [-0.1, -0.05) is 36.4 Å². The largest absolute Gasteiger partial charge is 0.497 e. The summed E-state index contributed by atoms with van der Waals surface area (Å²) in [6.07, 6.45) is 0.466. The lowest BCUT2D eigenvalue weighted by Crippen LogP contribution is -2.35. The van der Waals surface area contributed by atoms with Crippen LogP contribution in [0.1, 0.15) is 5.56 Å². The summed E-state index contributed by atoms with van der Waals surface area (Å²) in [5.74, 6) is 0.727. The lowest BCUT2D eigenvalue weighted by Gasteiger charge is -2.22. The molecule has 1 fully saturated rings. The van der Waals surface area contributed by atoms with E-state index < -0.39 is 0 Å². The number of methoxy groups -OCH3 is 1. The Morgan fingerprint density at radius 3 is 2.76 bits per heavy atom. The predicted molar refractivity (Wildman–Crippen MR) is 80.8 cm³/mol. The number of anilines is 1. The summed E-state index contributed by atoms with van der Waals surface area (Å²) >= 11 is 0. The molecule has 0 saturated carbocycles. The first-order valence-corrected chi connectivity index (χ1v) is 6.92. The molecule has 2 aromatic rings. The molecule has 4 nitrogen and oxygen atoms in total. The molecule has 1 aliphatic rings. The first-order valence-electron chi connectivity index (χ1n) is 6.92. The van der Waals surface area contributed by atoms with E-state index in [-0.39, 0.29) is 12.1 Å². The molecular formula is C17H17NO3. The van der Waals surface area contributed by atoms with E-state index in [0.29, 0.717) is 6.61 Å². The average Bonchev–Trinajstić information content (AvgIpc) is 2.89. The number of cyclic esters (lactones) is 1. The van der Waals surface area contributed by atoms with Gasteiger partial charge >= 0.3 is 6.09 Å². The van der Waals surface area contributed by atoms with Crippen LogP contribution in [0.4, 0.5) is 10.5 Å². The summed E-state index contributed by atoms with van der Waals surface area (Å²) in [6, 6.07) is 17.6. The van der Waals surface area contributed by atoms with Gasteiger partial charge in [-0.05, 0) is 24.1 Å². The van der Waals surface area contributed by atoms with Crippen LogP contribution in [0.2, 0.25) is 0 Å². The molecule has 1 unspecified atom stereocenters. The van der Waals surface area contributed by atoms with Crippen molar-refractivity contribution in [1.29, 1.82) is 0 Å². The van der Waals surface area contributed by atoms with E-state index in [1.807, 2.05) is 42.5 Å². The van der Waals surface area contributed by atoms with Crippen molar-refractivity contribution < 1.29 is 14.3 Å². The van der Waals surface area contributed by atoms with Crippen molar-refractivity contribution in [1.82, 2.24) is 0 Å². The van der Waals surface area contributed by atoms with Gasteiger partial charge in [0.15, 0.2) is 0 Å². The first-order chi connectivity index (χ1) is 10.3. The number of ether oxygens (including phenoxy) is 2. The zero-order valence-corrected chi connectivity index (χ0v) is 11.9. The van der Waals surface area contributed by atoms with E-state index in [4.69, 9.17) is 9.47 Å². The molecule has 0 aromatic heterocycles. The Kier molecular flexibility index (Phi) is 3.77. The van der Waals surface area contributed by atoms with E-state index >= 15 is 0 Å². The van der Waals surface area contributed by atoms with Crippen LogP contribution in [0.15, 0.2) is 54.6 Å². The fourth-order valence-electron chi connectivity index (χ4n) is 2.57. The molecule has 0 N–H and O–H groups in total. The highest BCUT2D eigenvalue weighted by atomic mass is 16.6. The van der Waals surface area contributed by atoms with Gasteiger partial charge in [0.2, 0.25) is 0 Å². The monoisotopic (exact) mass is 283 g/mol. The summed E-state index contributed by atoms with van der Waals surface area (Å²) in [7, 11) is 1.61. The minimum atomic E-state index is -0.302. The summed E-state index contributed by atoms with van der Waals surface area (Å²) in [5, 5.41) is 0. The molecule has 4 heteroatoms. The third-order valence-electron chi connectivity index (χ3n) is 3.61. The summed E-state index contributed by atoms with van der Waals surface area (Å²) in [4.78, 5) is 13.7. The van der Waals surface area contributed by atoms with Crippen molar-refractivity contribution in [2.75, 3.05) is 18.6 Å². The second kappa shape index (κ2) is 5.87. The predicted octanol–water partition coefficient (Wildman–Crippen LogP) is 3.26. The van der Waals surface area contributed by atoms with Gasteiger partial charge in [-0.25, -0.2) is 4.79 Å². The van der Waals surface area contributed by atoms with Crippen LogP contribution in [-0.4, -0.2) is 25.9 Å². The summed E-state index contributed by atoms with van der Waals surface area (Å²) < 4.78 is 10.4. The molecule has 1 atom stereocenters. The van der Waals surface area contributed by atoms with Crippen molar-refractivity contribution in [3.05, 3.63) is 60.2 Å². The number of nitrogens with zero attached hydrogens (tertiary/aromatic N) is 1. The van der Waals surface area contributed by atoms with Crippen molar-refractivity contribution in [3.8, 4) is 5.75 Å². The SMILES string of the molecule is COc1cccc(N2C(=O)OCC2Cc2ccccc2)c1. The third-order valence-corrected chi connectivity index (χ3v) is 3.61. The molecule has 1 heterocycles. The molecule has 0 bridgehead atoms. The van der Waals surface area contributed by atoms with Crippen molar-refractivity contribution >= 4 is 11.8 Å². The Morgan fingerprint density at radius 1 is 1.19 bits per heavy atom. The molecule has 2 aromatic carbocycles. The number of benzene rings is 2. The van der Waals surface area contributed by atoms with Crippen LogP contribution in [0.5, 0.6) is 5.75 Å². The van der Waals surface area contributed by atoms with Gasteiger partial charge in [0.05, 0.1) is 18.8 Å². The molecule has 3 rings (SSSR count). The first kappa shape index (κ1) is 13.5. The minimum Gasteiger partial charge on any atom is -0.497 e. The molecular weight excluding hydrogens is 266 g/mol. The van der Waals surface area contributed by atoms with Crippen LogP contribution < -0.4 is 9.64 Å². The Hall–Kier alpha value is -2.49. The fraction of sp³-hybridized carbons (Fsp3) is 0.235. The van der Waals surface area contributed by atoms with E-state index in [1.165, 1.54) is 5.56 Å². The molecule has 0 aliphatic carbocycles. The second-order valence-electron chi connectivity index (χ2n) is 4.99. The quantitative estimate of drug-likeness (QED) is 0.864. The maximum atomic E-state index is 12.0. The van der Waals surface area contributed by atoms with Crippen LogP contribution in [0.3, 0.4) is 0 Å². The lowest BCUT2D eigenvalue weighted by atomic mass is 10.1. The van der Waals surface area contributed by atoms with Gasteiger partial charge in [-0.3, -0.25) is 4.90 Å². The minimum absolute atomic E-state index is 0.00649. The van der Waals surface area contributed by atoms with Gasteiger partial charge in [0, 0.05) is 6.07 Å². The molecule has 108 valence electrons. The standard InChI is InChI=1S/C17H17NO3/c1-20-16-9-5-8-14(11-16)18-15(12-21-17(18)19)10-13-6-3-2-4-7-13/h2-9,11,15H,10,12H2,1H3. The van der Waals surface area contributed by atoms with Crippen molar-refractivity contribution in [2.45, 2.75) is 12.5 Å². The number of carbonyl (C=O) groups excluding carboxylic acids is 1. The number of carbonyl (C=O) groups is 1. The van der Waals surface area contributed by atoms with Gasteiger partial charge < -0.3 is 9.47 Å².